The quantitative estimate of drug-likeness (QED) is 0.499. The average Bonchev–Trinajstić information content (AvgIpc) is 3.41. The van der Waals surface area contributed by atoms with Crippen molar-refractivity contribution in [3.63, 3.8) is 0 Å². The Balaban J connectivity index is 1.48. The number of ketones is 1. The maximum Gasteiger partial charge on any atom is 0.231 e. The number of nitrogens with zero attached hydrogens (tertiary/aromatic N) is 3. The van der Waals surface area contributed by atoms with E-state index >= 15 is 0 Å². The highest BCUT2D eigenvalue weighted by atomic mass is 16.7. The summed E-state index contributed by atoms with van der Waals surface area (Å²) in [5, 5.41) is 14.5. The summed E-state index contributed by atoms with van der Waals surface area (Å²) in [6.07, 6.45) is 1.83. The number of aromatic nitrogens is 3. The van der Waals surface area contributed by atoms with Gasteiger partial charge in [0.1, 0.15) is 0 Å². The van der Waals surface area contributed by atoms with Crippen molar-refractivity contribution >= 4 is 11.4 Å². The van der Waals surface area contributed by atoms with Gasteiger partial charge in [-0.15, -0.1) is 0 Å². The second-order valence-corrected chi connectivity index (χ2v) is 8.04. The number of fused-ring (bicyclic) bond motifs is 2. The van der Waals surface area contributed by atoms with Gasteiger partial charge < -0.3 is 14.6 Å². The third-order valence-corrected chi connectivity index (χ3v) is 5.34. The molecule has 7 nitrogen and oxygen atoms in total. The summed E-state index contributed by atoms with van der Waals surface area (Å²) in [7, 11) is 0. The molecule has 156 valence electrons. The topological polar surface area (TPSA) is 86.0 Å². The zero-order chi connectivity index (χ0) is 21.6. The number of carbonyl (C=O) groups is 1. The molecule has 0 fully saturated rings. The molecule has 4 aromatic rings. The lowest BCUT2D eigenvalue weighted by molar-refractivity contribution is 0.0784. The van der Waals surface area contributed by atoms with E-state index in [4.69, 9.17) is 9.47 Å². The van der Waals surface area contributed by atoms with Gasteiger partial charge in [0.2, 0.25) is 6.79 Å². The zero-order valence-electron chi connectivity index (χ0n) is 17.2. The molecule has 3 heterocycles. The van der Waals surface area contributed by atoms with Crippen molar-refractivity contribution < 1.29 is 19.4 Å². The van der Waals surface area contributed by atoms with Crippen LogP contribution in [0.25, 0.3) is 16.9 Å². The Morgan fingerprint density at radius 3 is 2.61 bits per heavy atom. The molecule has 0 saturated carbocycles. The Bertz CT molecular complexity index is 1290. The van der Waals surface area contributed by atoms with Gasteiger partial charge >= 0.3 is 0 Å². The van der Waals surface area contributed by atoms with Crippen molar-refractivity contribution in [1.82, 2.24) is 14.6 Å². The molecule has 1 N–H and O–H groups in total. The van der Waals surface area contributed by atoms with Crippen molar-refractivity contribution in [2.45, 2.75) is 25.9 Å². The minimum absolute atomic E-state index is 0.0460. The van der Waals surface area contributed by atoms with Crippen molar-refractivity contribution in [2.24, 2.45) is 0 Å². The second-order valence-electron chi connectivity index (χ2n) is 8.04. The van der Waals surface area contributed by atoms with E-state index in [1.165, 1.54) is 0 Å². The summed E-state index contributed by atoms with van der Waals surface area (Å²) >= 11 is 0. The minimum atomic E-state index is -0.949. The van der Waals surface area contributed by atoms with E-state index in [-0.39, 0.29) is 19.0 Å². The summed E-state index contributed by atoms with van der Waals surface area (Å²) in [6, 6.07) is 16.4. The highest BCUT2D eigenvalue weighted by Gasteiger charge is 2.19. The van der Waals surface area contributed by atoms with Crippen LogP contribution in [0.3, 0.4) is 0 Å². The molecule has 2 aromatic carbocycles. The predicted molar refractivity (Wildman–Crippen MR) is 114 cm³/mol. The number of hydrogen-bond acceptors (Lipinski definition) is 6. The normalized spacial score (nSPS) is 13.0. The molecule has 0 amide bonds. The van der Waals surface area contributed by atoms with E-state index < -0.39 is 5.60 Å². The van der Waals surface area contributed by atoms with Crippen LogP contribution in [-0.2, 0) is 12.0 Å². The fraction of sp³-hybridized carbons (Fsp3) is 0.208. The SMILES string of the molecule is CC(C)(O)c1ccc(C(=O)Cc2cc(-c3ccc4c(c3)OCO4)n3nccc3n2)cc1. The average molecular weight is 415 g/mol. The third kappa shape index (κ3) is 3.64. The van der Waals surface area contributed by atoms with Gasteiger partial charge in [0, 0.05) is 17.2 Å². The van der Waals surface area contributed by atoms with Gasteiger partial charge in [-0.3, -0.25) is 4.79 Å². The van der Waals surface area contributed by atoms with E-state index in [1.807, 2.05) is 30.3 Å². The molecule has 0 bridgehead atoms. The Morgan fingerprint density at radius 2 is 1.84 bits per heavy atom. The van der Waals surface area contributed by atoms with E-state index in [2.05, 4.69) is 10.1 Å². The lowest BCUT2D eigenvalue weighted by atomic mass is 9.96. The van der Waals surface area contributed by atoms with E-state index in [0.717, 1.165) is 16.8 Å². The first-order valence-electron chi connectivity index (χ1n) is 9.98. The molecule has 0 radical (unpaired) electrons. The highest BCUT2D eigenvalue weighted by Crippen LogP contribution is 2.36. The van der Waals surface area contributed by atoms with Gasteiger partial charge in [-0.25, -0.2) is 9.50 Å². The molecule has 5 rings (SSSR count). The number of benzene rings is 2. The van der Waals surface area contributed by atoms with Crippen molar-refractivity contribution in [3.05, 3.63) is 77.6 Å². The van der Waals surface area contributed by atoms with Crippen LogP contribution in [0.2, 0.25) is 0 Å². The Labute approximate surface area is 178 Å². The first kappa shape index (κ1) is 19.3. The van der Waals surface area contributed by atoms with Crippen molar-refractivity contribution in [1.29, 1.82) is 0 Å². The maximum absolute atomic E-state index is 12.9. The second kappa shape index (κ2) is 7.21. The van der Waals surface area contributed by atoms with Crippen LogP contribution in [-0.4, -0.2) is 32.3 Å². The number of Topliss-reactive ketones (excluding diaryl/α,β-unsaturated/α-hetero) is 1. The molecular formula is C24H21N3O4. The van der Waals surface area contributed by atoms with Gasteiger partial charge in [-0.2, -0.15) is 5.10 Å². The smallest absolute Gasteiger partial charge is 0.231 e. The molecule has 31 heavy (non-hydrogen) atoms. The molecule has 0 aliphatic carbocycles. The molecule has 0 unspecified atom stereocenters. The highest BCUT2D eigenvalue weighted by molar-refractivity contribution is 5.97. The van der Waals surface area contributed by atoms with E-state index in [9.17, 15) is 9.90 Å². The molecule has 0 saturated heterocycles. The monoisotopic (exact) mass is 415 g/mol. The van der Waals surface area contributed by atoms with Crippen LogP contribution in [0.1, 0.15) is 35.5 Å². The van der Waals surface area contributed by atoms with Crippen LogP contribution in [0.4, 0.5) is 0 Å². The largest absolute Gasteiger partial charge is 0.454 e. The Kier molecular flexibility index (Phi) is 4.48. The van der Waals surface area contributed by atoms with Gasteiger partial charge in [-0.05, 0) is 43.7 Å². The summed E-state index contributed by atoms with van der Waals surface area (Å²) in [6.45, 7) is 3.64. The van der Waals surface area contributed by atoms with Crippen LogP contribution in [0, 0.1) is 0 Å². The number of carbonyl (C=O) groups excluding carboxylic acids is 1. The van der Waals surface area contributed by atoms with Gasteiger partial charge in [-0.1, -0.05) is 24.3 Å². The Hall–Kier alpha value is -3.71. The van der Waals surface area contributed by atoms with E-state index in [1.54, 1.807) is 48.8 Å². The summed E-state index contributed by atoms with van der Waals surface area (Å²) in [5.74, 6) is 1.34. The summed E-state index contributed by atoms with van der Waals surface area (Å²) < 4.78 is 12.6. The molecule has 1 aliphatic rings. The van der Waals surface area contributed by atoms with Crippen LogP contribution >= 0.6 is 0 Å². The van der Waals surface area contributed by atoms with Crippen LogP contribution in [0.15, 0.2) is 60.8 Å². The fourth-order valence-corrected chi connectivity index (χ4v) is 3.65. The molecular weight excluding hydrogens is 394 g/mol. The predicted octanol–water partition coefficient (Wildman–Crippen LogP) is 3.78. The number of hydrogen-bond donors (Lipinski definition) is 1. The first-order valence-corrected chi connectivity index (χ1v) is 9.98. The Morgan fingerprint density at radius 1 is 1.06 bits per heavy atom. The van der Waals surface area contributed by atoms with Crippen LogP contribution in [0.5, 0.6) is 11.5 Å². The van der Waals surface area contributed by atoms with Gasteiger partial charge in [0.25, 0.3) is 0 Å². The molecule has 0 atom stereocenters. The third-order valence-electron chi connectivity index (χ3n) is 5.34. The van der Waals surface area contributed by atoms with Gasteiger partial charge in [0.15, 0.2) is 22.9 Å². The van der Waals surface area contributed by atoms with Crippen molar-refractivity contribution in [2.75, 3.05) is 6.79 Å². The molecule has 7 heteroatoms. The maximum atomic E-state index is 12.9. The zero-order valence-corrected chi connectivity index (χ0v) is 17.2. The summed E-state index contributed by atoms with van der Waals surface area (Å²) in [4.78, 5) is 17.5. The fourth-order valence-electron chi connectivity index (χ4n) is 3.65. The number of ether oxygens (including phenoxy) is 2. The van der Waals surface area contributed by atoms with E-state index in [0.29, 0.717) is 28.4 Å². The minimum Gasteiger partial charge on any atom is -0.454 e. The standard InChI is InChI=1S/C24H21N3O4/c1-24(2,29)17-6-3-15(4-7-17)20(28)13-18-12-19(27-23(26-18)9-10-25-27)16-5-8-21-22(11-16)31-14-30-21/h3-12,29H,13-14H2,1-2H3. The lowest BCUT2D eigenvalue weighted by Crippen LogP contribution is -2.15. The van der Waals surface area contributed by atoms with Gasteiger partial charge in [0.05, 0.1) is 29.6 Å². The summed E-state index contributed by atoms with van der Waals surface area (Å²) in [5.41, 5.74) is 3.40. The first-order chi connectivity index (χ1) is 14.9. The molecule has 2 aromatic heterocycles. The lowest BCUT2D eigenvalue weighted by Gasteiger charge is -2.17. The molecule has 1 aliphatic heterocycles. The molecule has 0 spiro atoms. The number of aliphatic hydroxyl groups is 1. The van der Waals surface area contributed by atoms with Crippen molar-refractivity contribution in [3.8, 4) is 22.8 Å². The number of rotatable bonds is 5. The van der Waals surface area contributed by atoms with Crippen LogP contribution < -0.4 is 9.47 Å².